The van der Waals surface area contributed by atoms with Gasteiger partial charge in [-0.25, -0.2) is 0 Å². The first kappa shape index (κ1) is 13.9. The number of aromatic nitrogens is 1. The fourth-order valence-corrected chi connectivity index (χ4v) is 1.30. The second-order valence-electron chi connectivity index (χ2n) is 4.58. The summed E-state index contributed by atoms with van der Waals surface area (Å²) in [4.78, 5) is 4.28. The Kier molecular flexibility index (Phi) is 5.38. The summed E-state index contributed by atoms with van der Waals surface area (Å²) in [6.45, 7) is 5.50. The number of pyridine rings is 1. The van der Waals surface area contributed by atoms with E-state index in [4.69, 9.17) is 9.47 Å². The number of hydrogen-bond donors (Lipinski definition) is 1. The van der Waals surface area contributed by atoms with Gasteiger partial charge in [-0.15, -0.1) is 0 Å². The zero-order valence-corrected chi connectivity index (χ0v) is 11.1. The molecule has 4 heteroatoms. The van der Waals surface area contributed by atoms with Gasteiger partial charge in [0.2, 0.25) is 0 Å². The molecule has 1 N–H and O–H groups in total. The van der Waals surface area contributed by atoms with Gasteiger partial charge >= 0.3 is 0 Å². The summed E-state index contributed by atoms with van der Waals surface area (Å²) in [5, 5.41) is 3.05. The third-order valence-electron chi connectivity index (χ3n) is 2.68. The van der Waals surface area contributed by atoms with E-state index in [9.17, 15) is 0 Å². The van der Waals surface area contributed by atoms with Crippen molar-refractivity contribution in [2.45, 2.75) is 32.4 Å². The Morgan fingerprint density at radius 2 is 2.12 bits per heavy atom. The summed E-state index contributed by atoms with van der Waals surface area (Å²) in [6.07, 6.45) is 2.61. The normalized spacial score (nSPS) is 11.5. The van der Waals surface area contributed by atoms with Crippen molar-refractivity contribution in [1.82, 2.24) is 10.3 Å². The monoisotopic (exact) mass is 238 g/mol. The minimum Gasteiger partial charge on any atom is -0.492 e. The summed E-state index contributed by atoms with van der Waals surface area (Å²) < 4.78 is 10.9. The van der Waals surface area contributed by atoms with E-state index in [-0.39, 0.29) is 5.60 Å². The molecule has 1 aromatic rings. The summed E-state index contributed by atoms with van der Waals surface area (Å²) in [7, 11) is 3.62. The van der Waals surface area contributed by atoms with Crippen molar-refractivity contribution >= 4 is 0 Å². The minimum absolute atomic E-state index is 0.139. The lowest BCUT2D eigenvalue weighted by atomic mass is 10.1. The van der Waals surface area contributed by atoms with Crippen molar-refractivity contribution in [3.8, 4) is 5.75 Å². The molecule has 0 saturated carbocycles. The molecule has 17 heavy (non-hydrogen) atoms. The zero-order valence-electron chi connectivity index (χ0n) is 11.1. The molecule has 0 aromatic carbocycles. The van der Waals surface area contributed by atoms with Crippen LogP contribution in [0.4, 0.5) is 0 Å². The average Bonchev–Trinajstić information content (AvgIpc) is 2.32. The number of hydrogen-bond acceptors (Lipinski definition) is 4. The maximum atomic E-state index is 5.61. The summed E-state index contributed by atoms with van der Waals surface area (Å²) in [5.74, 6) is 0.803. The molecule has 0 atom stereocenters. The highest BCUT2D eigenvalue weighted by Crippen LogP contribution is 2.15. The summed E-state index contributed by atoms with van der Waals surface area (Å²) in [6, 6.07) is 3.91. The number of nitrogens with zero attached hydrogens (tertiary/aromatic N) is 1. The molecule has 1 heterocycles. The predicted molar refractivity (Wildman–Crippen MR) is 68.2 cm³/mol. The molecule has 0 fully saturated rings. The third-order valence-corrected chi connectivity index (χ3v) is 2.68. The van der Waals surface area contributed by atoms with Crippen LogP contribution in [0.3, 0.4) is 0 Å². The van der Waals surface area contributed by atoms with Crippen molar-refractivity contribution in [1.29, 1.82) is 0 Å². The molecule has 1 aromatic heterocycles. The van der Waals surface area contributed by atoms with Crippen LogP contribution in [0.2, 0.25) is 0 Å². The quantitative estimate of drug-likeness (QED) is 0.789. The van der Waals surface area contributed by atoms with Crippen LogP contribution in [0.5, 0.6) is 5.75 Å². The van der Waals surface area contributed by atoms with Gasteiger partial charge in [0.1, 0.15) is 5.75 Å². The molecule has 0 aliphatic heterocycles. The Hall–Kier alpha value is -1.13. The molecule has 4 nitrogen and oxygen atoms in total. The van der Waals surface area contributed by atoms with Crippen molar-refractivity contribution in [2.24, 2.45) is 0 Å². The van der Waals surface area contributed by atoms with Crippen LogP contribution in [0, 0.1) is 0 Å². The second-order valence-corrected chi connectivity index (χ2v) is 4.58. The number of methoxy groups -OCH3 is 1. The van der Waals surface area contributed by atoms with Crippen LogP contribution in [0.25, 0.3) is 0 Å². The number of nitrogens with one attached hydrogen (secondary N) is 1. The second kappa shape index (κ2) is 6.57. The first-order valence-electron chi connectivity index (χ1n) is 5.85. The largest absolute Gasteiger partial charge is 0.492 e. The minimum atomic E-state index is -0.139. The van der Waals surface area contributed by atoms with Crippen molar-refractivity contribution in [2.75, 3.05) is 20.8 Å². The van der Waals surface area contributed by atoms with Gasteiger partial charge in [-0.1, -0.05) is 0 Å². The van der Waals surface area contributed by atoms with Gasteiger partial charge in [0, 0.05) is 20.1 Å². The third kappa shape index (κ3) is 5.15. The molecule has 0 bridgehead atoms. The first-order valence-corrected chi connectivity index (χ1v) is 5.85. The van der Waals surface area contributed by atoms with Gasteiger partial charge in [-0.3, -0.25) is 4.98 Å². The van der Waals surface area contributed by atoms with Crippen molar-refractivity contribution < 1.29 is 9.47 Å². The van der Waals surface area contributed by atoms with E-state index in [1.165, 1.54) is 0 Å². The van der Waals surface area contributed by atoms with Gasteiger partial charge in [-0.2, -0.15) is 0 Å². The summed E-state index contributed by atoms with van der Waals surface area (Å²) in [5.41, 5.74) is 0.872. The Morgan fingerprint density at radius 1 is 1.35 bits per heavy atom. The number of rotatable bonds is 7. The molecule has 0 aliphatic rings. The maximum absolute atomic E-state index is 5.61. The lowest BCUT2D eigenvalue weighted by molar-refractivity contribution is 0.00542. The van der Waals surface area contributed by atoms with E-state index in [1.54, 1.807) is 13.3 Å². The Bertz CT molecular complexity index is 323. The molecule has 0 saturated heterocycles. The Labute approximate surface area is 103 Å². The zero-order chi connectivity index (χ0) is 12.7. The van der Waals surface area contributed by atoms with Gasteiger partial charge in [0.05, 0.1) is 24.1 Å². The first-order chi connectivity index (χ1) is 8.07. The van der Waals surface area contributed by atoms with E-state index < -0.39 is 0 Å². The van der Waals surface area contributed by atoms with Crippen LogP contribution in [-0.2, 0) is 11.3 Å². The molecular weight excluding hydrogens is 216 g/mol. The number of ether oxygens (including phenoxy) is 2. The van der Waals surface area contributed by atoms with Gasteiger partial charge in [-0.05, 0) is 33.0 Å². The van der Waals surface area contributed by atoms with Crippen molar-refractivity contribution in [3.63, 3.8) is 0 Å². The van der Waals surface area contributed by atoms with Crippen LogP contribution >= 0.6 is 0 Å². The summed E-state index contributed by atoms with van der Waals surface area (Å²) >= 11 is 0. The fraction of sp³-hybridized carbons (Fsp3) is 0.615. The van der Waals surface area contributed by atoms with E-state index >= 15 is 0 Å². The highest BCUT2D eigenvalue weighted by Gasteiger charge is 2.15. The van der Waals surface area contributed by atoms with Crippen molar-refractivity contribution in [3.05, 3.63) is 24.0 Å². The van der Waals surface area contributed by atoms with Crippen LogP contribution < -0.4 is 10.1 Å². The molecular formula is C13H22N2O2. The highest BCUT2D eigenvalue weighted by molar-refractivity contribution is 5.19. The maximum Gasteiger partial charge on any atom is 0.137 e. The van der Waals surface area contributed by atoms with E-state index in [2.05, 4.69) is 10.3 Å². The van der Waals surface area contributed by atoms with Gasteiger partial charge in [0.25, 0.3) is 0 Å². The Morgan fingerprint density at radius 3 is 2.65 bits per heavy atom. The Balaban J connectivity index is 2.37. The van der Waals surface area contributed by atoms with E-state index in [1.807, 2.05) is 33.0 Å². The molecule has 0 radical (unpaired) electrons. The molecule has 0 aliphatic carbocycles. The standard InChI is InChI=1S/C13H22N2O2/c1-13(2,16-4)7-8-17-12-6-5-11(9-14-3)15-10-12/h5-6,10,14H,7-9H2,1-4H3. The van der Waals surface area contributed by atoms with Crippen LogP contribution in [-0.4, -0.2) is 31.3 Å². The van der Waals surface area contributed by atoms with E-state index in [0.29, 0.717) is 6.61 Å². The SMILES string of the molecule is CNCc1ccc(OCCC(C)(C)OC)cn1. The molecule has 0 amide bonds. The van der Waals surface area contributed by atoms with Crippen LogP contribution in [0.15, 0.2) is 18.3 Å². The average molecular weight is 238 g/mol. The van der Waals surface area contributed by atoms with Gasteiger partial charge < -0.3 is 14.8 Å². The molecule has 0 unspecified atom stereocenters. The predicted octanol–water partition coefficient (Wildman–Crippen LogP) is 1.99. The molecule has 0 spiro atoms. The van der Waals surface area contributed by atoms with E-state index in [0.717, 1.165) is 24.4 Å². The molecule has 96 valence electrons. The molecule has 1 rings (SSSR count). The van der Waals surface area contributed by atoms with Gasteiger partial charge in [0.15, 0.2) is 0 Å². The topological polar surface area (TPSA) is 43.4 Å². The van der Waals surface area contributed by atoms with Crippen LogP contribution in [0.1, 0.15) is 26.0 Å². The highest BCUT2D eigenvalue weighted by atomic mass is 16.5. The lowest BCUT2D eigenvalue weighted by Gasteiger charge is -2.22. The fourth-order valence-electron chi connectivity index (χ4n) is 1.30. The lowest BCUT2D eigenvalue weighted by Crippen LogP contribution is -2.25. The smallest absolute Gasteiger partial charge is 0.137 e.